The van der Waals surface area contributed by atoms with Gasteiger partial charge in [0.25, 0.3) is 0 Å². The Kier molecular flexibility index (Phi) is 5.05. The second-order valence-electron chi connectivity index (χ2n) is 4.15. The molecule has 1 amide bonds. The molecule has 0 aliphatic carbocycles. The van der Waals surface area contributed by atoms with E-state index in [1.165, 1.54) is 0 Å². The zero-order chi connectivity index (χ0) is 11.3. The van der Waals surface area contributed by atoms with Gasteiger partial charge in [0.2, 0.25) is 5.91 Å². The van der Waals surface area contributed by atoms with Crippen molar-refractivity contribution in [1.82, 2.24) is 4.90 Å². The van der Waals surface area contributed by atoms with Crippen molar-refractivity contribution < 1.29 is 9.53 Å². The van der Waals surface area contributed by atoms with Gasteiger partial charge < -0.3 is 15.4 Å². The normalized spacial score (nSPS) is 23.1. The first-order valence-corrected chi connectivity index (χ1v) is 5.74. The van der Waals surface area contributed by atoms with Gasteiger partial charge in [-0.2, -0.15) is 0 Å². The van der Waals surface area contributed by atoms with Gasteiger partial charge in [0.15, 0.2) is 0 Å². The Balaban J connectivity index is 2.45. The monoisotopic (exact) mass is 214 g/mol. The predicted molar refractivity (Wildman–Crippen MR) is 59.4 cm³/mol. The van der Waals surface area contributed by atoms with Crippen LogP contribution in [0, 0.1) is 5.92 Å². The highest BCUT2D eigenvalue weighted by Crippen LogP contribution is 2.16. The van der Waals surface area contributed by atoms with Gasteiger partial charge in [-0.15, -0.1) is 0 Å². The van der Waals surface area contributed by atoms with Crippen LogP contribution in [0.3, 0.4) is 0 Å². The number of hydrogen-bond donors (Lipinski definition) is 1. The number of likely N-dealkylation sites (tertiary alicyclic amines) is 1. The van der Waals surface area contributed by atoms with Crippen LogP contribution < -0.4 is 5.73 Å². The van der Waals surface area contributed by atoms with Crippen LogP contribution in [0.25, 0.3) is 0 Å². The molecule has 0 aromatic carbocycles. The van der Waals surface area contributed by atoms with E-state index in [2.05, 4.69) is 6.92 Å². The standard InChI is InChI=1S/C11H22N2O2/c1-3-4-9(7-12)11(14)13-6-5-10(8-13)15-2/h9-10H,3-8,12H2,1-2H3. The molecule has 1 fully saturated rings. The molecule has 88 valence electrons. The number of carbonyl (C=O) groups excluding carboxylic acids is 1. The lowest BCUT2D eigenvalue weighted by molar-refractivity contribution is -0.134. The maximum Gasteiger partial charge on any atom is 0.227 e. The van der Waals surface area contributed by atoms with Crippen LogP contribution in [0.1, 0.15) is 26.2 Å². The summed E-state index contributed by atoms with van der Waals surface area (Å²) in [5.74, 6) is 0.213. The van der Waals surface area contributed by atoms with Crippen LogP contribution >= 0.6 is 0 Å². The number of carbonyl (C=O) groups is 1. The SMILES string of the molecule is CCCC(CN)C(=O)N1CCC(OC)C1. The summed E-state index contributed by atoms with van der Waals surface area (Å²) in [5, 5.41) is 0. The fourth-order valence-electron chi connectivity index (χ4n) is 2.07. The minimum Gasteiger partial charge on any atom is -0.380 e. The fourth-order valence-corrected chi connectivity index (χ4v) is 2.07. The highest BCUT2D eigenvalue weighted by atomic mass is 16.5. The number of methoxy groups -OCH3 is 1. The summed E-state index contributed by atoms with van der Waals surface area (Å²) in [7, 11) is 1.70. The van der Waals surface area contributed by atoms with Crippen LogP contribution in [-0.2, 0) is 9.53 Å². The summed E-state index contributed by atoms with van der Waals surface area (Å²) < 4.78 is 5.24. The van der Waals surface area contributed by atoms with Crippen LogP contribution in [-0.4, -0.2) is 43.7 Å². The van der Waals surface area contributed by atoms with E-state index in [4.69, 9.17) is 10.5 Å². The Labute approximate surface area is 91.8 Å². The lowest BCUT2D eigenvalue weighted by Gasteiger charge is -2.22. The molecule has 0 radical (unpaired) electrons. The molecular weight excluding hydrogens is 192 g/mol. The highest BCUT2D eigenvalue weighted by Gasteiger charge is 2.29. The van der Waals surface area contributed by atoms with Crippen molar-refractivity contribution in [3.8, 4) is 0 Å². The van der Waals surface area contributed by atoms with Crippen LogP contribution in [0.5, 0.6) is 0 Å². The van der Waals surface area contributed by atoms with E-state index >= 15 is 0 Å². The minimum atomic E-state index is 0.00519. The van der Waals surface area contributed by atoms with E-state index in [9.17, 15) is 4.79 Å². The molecule has 2 unspecified atom stereocenters. The van der Waals surface area contributed by atoms with Crippen molar-refractivity contribution >= 4 is 5.91 Å². The Bertz CT molecular complexity index is 209. The zero-order valence-corrected chi connectivity index (χ0v) is 9.74. The summed E-state index contributed by atoms with van der Waals surface area (Å²) in [4.78, 5) is 13.9. The van der Waals surface area contributed by atoms with E-state index in [1.807, 2.05) is 4.90 Å². The van der Waals surface area contributed by atoms with Gasteiger partial charge >= 0.3 is 0 Å². The van der Waals surface area contributed by atoms with Crippen molar-refractivity contribution in [1.29, 1.82) is 0 Å². The molecule has 0 spiro atoms. The Morgan fingerprint density at radius 1 is 1.67 bits per heavy atom. The number of rotatable bonds is 5. The Morgan fingerprint density at radius 3 is 2.87 bits per heavy atom. The van der Waals surface area contributed by atoms with Crippen molar-refractivity contribution in [3.05, 3.63) is 0 Å². The summed E-state index contributed by atoms with van der Waals surface area (Å²) >= 11 is 0. The lowest BCUT2D eigenvalue weighted by atomic mass is 10.0. The number of amides is 1. The molecule has 0 aromatic heterocycles. The van der Waals surface area contributed by atoms with Crippen LogP contribution in [0.2, 0.25) is 0 Å². The van der Waals surface area contributed by atoms with Crippen molar-refractivity contribution in [2.24, 2.45) is 11.7 Å². The first-order chi connectivity index (χ1) is 7.22. The molecule has 1 aliphatic heterocycles. The molecule has 2 N–H and O–H groups in total. The number of nitrogens with zero attached hydrogens (tertiary/aromatic N) is 1. The summed E-state index contributed by atoms with van der Waals surface area (Å²) in [6, 6.07) is 0. The molecule has 4 heteroatoms. The van der Waals surface area contributed by atoms with E-state index in [-0.39, 0.29) is 17.9 Å². The van der Waals surface area contributed by atoms with Gasteiger partial charge in [0, 0.05) is 26.7 Å². The topological polar surface area (TPSA) is 55.6 Å². The summed E-state index contributed by atoms with van der Waals surface area (Å²) in [6.45, 7) is 4.09. The predicted octanol–water partition coefficient (Wildman–Crippen LogP) is 0.609. The van der Waals surface area contributed by atoms with Gasteiger partial charge in [-0.3, -0.25) is 4.79 Å². The van der Waals surface area contributed by atoms with Crippen molar-refractivity contribution in [2.45, 2.75) is 32.3 Å². The number of ether oxygens (including phenoxy) is 1. The van der Waals surface area contributed by atoms with Gasteiger partial charge in [-0.25, -0.2) is 0 Å². The Morgan fingerprint density at radius 2 is 2.40 bits per heavy atom. The average molecular weight is 214 g/mol. The van der Waals surface area contributed by atoms with Gasteiger partial charge in [-0.1, -0.05) is 13.3 Å². The van der Waals surface area contributed by atoms with E-state index in [1.54, 1.807) is 7.11 Å². The average Bonchev–Trinajstić information content (AvgIpc) is 2.73. The second kappa shape index (κ2) is 6.08. The molecule has 1 heterocycles. The second-order valence-corrected chi connectivity index (χ2v) is 4.15. The third-order valence-corrected chi connectivity index (χ3v) is 3.06. The molecule has 1 aliphatic rings. The molecule has 4 nitrogen and oxygen atoms in total. The molecule has 1 rings (SSSR count). The third kappa shape index (κ3) is 3.18. The van der Waals surface area contributed by atoms with E-state index in [0.29, 0.717) is 6.54 Å². The maximum atomic E-state index is 12.0. The molecule has 15 heavy (non-hydrogen) atoms. The van der Waals surface area contributed by atoms with Crippen LogP contribution in [0.15, 0.2) is 0 Å². The van der Waals surface area contributed by atoms with E-state index < -0.39 is 0 Å². The van der Waals surface area contributed by atoms with Gasteiger partial charge in [0.1, 0.15) is 0 Å². The summed E-state index contributed by atoms with van der Waals surface area (Å²) in [6.07, 6.45) is 3.07. The molecule has 1 saturated heterocycles. The van der Waals surface area contributed by atoms with Crippen LogP contribution in [0.4, 0.5) is 0 Å². The van der Waals surface area contributed by atoms with E-state index in [0.717, 1.165) is 32.4 Å². The fraction of sp³-hybridized carbons (Fsp3) is 0.909. The maximum absolute atomic E-state index is 12.0. The Hall–Kier alpha value is -0.610. The first-order valence-electron chi connectivity index (χ1n) is 5.74. The van der Waals surface area contributed by atoms with Gasteiger partial charge in [0.05, 0.1) is 12.0 Å². The lowest BCUT2D eigenvalue weighted by Crippen LogP contribution is -2.38. The minimum absolute atomic E-state index is 0.00519. The third-order valence-electron chi connectivity index (χ3n) is 3.06. The quantitative estimate of drug-likeness (QED) is 0.729. The zero-order valence-electron chi connectivity index (χ0n) is 9.74. The molecule has 0 aromatic rings. The highest BCUT2D eigenvalue weighted by molar-refractivity contribution is 5.79. The van der Waals surface area contributed by atoms with Gasteiger partial charge in [-0.05, 0) is 12.8 Å². The van der Waals surface area contributed by atoms with Crippen molar-refractivity contribution in [2.75, 3.05) is 26.7 Å². The number of nitrogens with two attached hydrogens (primary N) is 1. The number of hydrogen-bond acceptors (Lipinski definition) is 3. The molecular formula is C11H22N2O2. The largest absolute Gasteiger partial charge is 0.380 e. The molecule has 0 saturated carbocycles. The molecule has 0 bridgehead atoms. The first kappa shape index (κ1) is 12.5. The van der Waals surface area contributed by atoms with Crippen molar-refractivity contribution in [3.63, 3.8) is 0 Å². The summed E-state index contributed by atoms with van der Waals surface area (Å²) in [5.41, 5.74) is 5.62. The smallest absolute Gasteiger partial charge is 0.227 e. The molecule has 2 atom stereocenters.